The molecule has 67 valence electrons. The first-order valence-electron chi connectivity index (χ1n) is 2.66. The molecule has 1 atom stereocenters. The number of hydrogen-bond donors (Lipinski definition) is 0. The fraction of sp³-hybridized carbons (Fsp3) is 0.800. The molecule has 0 saturated carbocycles. The number of alkyl halides is 4. The van der Waals surface area contributed by atoms with Gasteiger partial charge < -0.3 is 4.74 Å². The summed E-state index contributed by atoms with van der Waals surface area (Å²) in [5.41, 5.74) is 0. The maximum Gasteiger partial charge on any atom is 0.527 e. The Morgan fingerprint density at radius 3 is 2.00 bits per heavy atom. The van der Waals surface area contributed by atoms with E-state index in [0.29, 0.717) is 6.92 Å². The maximum atomic E-state index is 12.4. The van der Waals surface area contributed by atoms with Crippen LogP contribution in [0, 0.1) is 6.92 Å². The topological polar surface area (TPSA) is 18.5 Å². The Morgan fingerprint density at radius 2 is 1.73 bits per heavy atom. The van der Waals surface area contributed by atoms with Gasteiger partial charge in [0, 0.05) is 6.92 Å². The highest BCUT2D eigenvalue weighted by Crippen LogP contribution is 2.26. The zero-order chi connectivity index (χ0) is 9.12. The Labute approximate surface area is 61.1 Å². The molecule has 0 bridgehead atoms. The lowest BCUT2D eigenvalue weighted by Gasteiger charge is -2.21. The SMILES string of the molecule is [CH2]COC(C)(F)OC(F)(F)F. The molecule has 0 rings (SSSR count). The molecule has 0 saturated heterocycles. The fourth-order valence-corrected chi connectivity index (χ4v) is 0.418. The molecule has 0 aliphatic heterocycles. The molecule has 1 unspecified atom stereocenters. The predicted octanol–water partition coefficient (Wildman–Crippen LogP) is 2.02. The van der Waals surface area contributed by atoms with E-state index in [9.17, 15) is 17.6 Å². The van der Waals surface area contributed by atoms with Gasteiger partial charge in [-0.3, -0.25) is 0 Å². The van der Waals surface area contributed by atoms with Gasteiger partial charge in [0.25, 0.3) is 0 Å². The van der Waals surface area contributed by atoms with Crippen molar-refractivity contribution in [1.29, 1.82) is 0 Å². The van der Waals surface area contributed by atoms with Gasteiger partial charge in [-0.1, -0.05) is 0 Å². The molecule has 0 aromatic carbocycles. The van der Waals surface area contributed by atoms with Crippen LogP contribution in [0.15, 0.2) is 0 Å². The summed E-state index contributed by atoms with van der Waals surface area (Å²) in [6.45, 7) is 3.06. The average molecular weight is 175 g/mol. The van der Waals surface area contributed by atoms with Gasteiger partial charge in [-0.2, -0.15) is 4.39 Å². The van der Waals surface area contributed by atoms with Crippen molar-refractivity contribution in [2.24, 2.45) is 0 Å². The third-order valence-corrected chi connectivity index (χ3v) is 0.658. The Bertz CT molecular complexity index is 120. The van der Waals surface area contributed by atoms with Crippen LogP contribution in [0.25, 0.3) is 0 Å². The van der Waals surface area contributed by atoms with Crippen molar-refractivity contribution in [3.63, 3.8) is 0 Å². The quantitative estimate of drug-likeness (QED) is 0.482. The minimum Gasteiger partial charge on any atom is -0.324 e. The van der Waals surface area contributed by atoms with Gasteiger partial charge in [-0.05, 0) is 6.92 Å². The number of rotatable bonds is 3. The Hall–Kier alpha value is -0.360. The van der Waals surface area contributed by atoms with Crippen LogP contribution in [0.1, 0.15) is 6.92 Å². The third kappa shape index (κ3) is 6.05. The molecule has 1 radical (unpaired) electrons. The smallest absolute Gasteiger partial charge is 0.324 e. The first-order chi connectivity index (χ1) is 4.77. The molecule has 0 amide bonds. The van der Waals surface area contributed by atoms with E-state index in [0.717, 1.165) is 0 Å². The summed E-state index contributed by atoms with van der Waals surface area (Å²) in [5, 5.41) is 0. The molecule has 0 aromatic heterocycles. The van der Waals surface area contributed by atoms with Crippen LogP contribution < -0.4 is 0 Å². The standard InChI is InChI=1S/C5H7F4O2/c1-3-10-4(2,6)11-5(7,8)9/h1,3H2,2H3. The van der Waals surface area contributed by atoms with Crippen LogP contribution >= 0.6 is 0 Å². The van der Waals surface area contributed by atoms with Crippen LogP contribution in [-0.2, 0) is 9.47 Å². The Balaban J connectivity index is 3.91. The average Bonchev–Trinajstić information content (AvgIpc) is 1.55. The van der Waals surface area contributed by atoms with E-state index < -0.39 is 19.0 Å². The van der Waals surface area contributed by atoms with Crippen molar-refractivity contribution in [2.45, 2.75) is 19.3 Å². The summed E-state index contributed by atoms with van der Waals surface area (Å²) >= 11 is 0. The van der Waals surface area contributed by atoms with Crippen LogP contribution in [0.3, 0.4) is 0 Å². The lowest BCUT2D eigenvalue weighted by atomic mass is 10.7. The van der Waals surface area contributed by atoms with Gasteiger partial charge in [-0.25, -0.2) is 4.74 Å². The highest BCUT2D eigenvalue weighted by Gasteiger charge is 2.41. The molecule has 0 aliphatic rings. The molecule has 0 heterocycles. The minimum atomic E-state index is -5.04. The number of halogens is 4. The monoisotopic (exact) mass is 175 g/mol. The van der Waals surface area contributed by atoms with Gasteiger partial charge >= 0.3 is 12.4 Å². The summed E-state index contributed by atoms with van der Waals surface area (Å²) in [5.74, 6) is 0. The molecule has 0 spiro atoms. The summed E-state index contributed by atoms with van der Waals surface area (Å²) < 4.78 is 53.1. The lowest BCUT2D eigenvalue weighted by Crippen LogP contribution is -2.33. The highest BCUT2D eigenvalue weighted by molar-refractivity contribution is 4.46. The first kappa shape index (κ1) is 10.6. The second kappa shape index (κ2) is 3.36. The lowest BCUT2D eigenvalue weighted by molar-refractivity contribution is -0.446. The second-order valence-corrected chi connectivity index (χ2v) is 1.73. The van der Waals surface area contributed by atoms with Crippen molar-refractivity contribution >= 4 is 0 Å². The maximum absolute atomic E-state index is 12.4. The van der Waals surface area contributed by atoms with Crippen LogP contribution in [0.2, 0.25) is 0 Å². The van der Waals surface area contributed by atoms with E-state index in [2.05, 4.69) is 16.4 Å². The molecule has 2 nitrogen and oxygen atoms in total. The summed E-state index contributed by atoms with van der Waals surface area (Å²) in [6, 6.07) is -3.15. The molecule has 11 heavy (non-hydrogen) atoms. The molecule has 6 heteroatoms. The molecular formula is C5H7F4O2. The summed E-state index contributed by atoms with van der Waals surface area (Å²) in [6.07, 6.45) is -5.04. The fourth-order valence-electron chi connectivity index (χ4n) is 0.418. The van der Waals surface area contributed by atoms with Gasteiger partial charge in [0.2, 0.25) is 0 Å². The highest BCUT2D eigenvalue weighted by atomic mass is 19.4. The van der Waals surface area contributed by atoms with E-state index >= 15 is 0 Å². The van der Waals surface area contributed by atoms with E-state index in [4.69, 9.17) is 0 Å². The largest absolute Gasteiger partial charge is 0.527 e. The first-order valence-corrected chi connectivity index (χ1v) is 2.66. The van der Waals surface area contributed by atoms with Gasteiger partial charge in [-0.15, -0.1) is 13.2 Å². The molecule has 0 aliphatic carbocycles. The van der Waals surface area contributed by atoms with Gasteiger partial charge in [0.1, 0.15) is 0 Å². The van der Waals surface area contributed by atoms with Crippen LogP contribution in [-0.4, -0.2) is 19.0 Å². The van der Waals surface area contributed by atoms with Crippen LogP contribution in [0.4, 0.5) is 17.6 Å². The molecular weight excluding hydrogens is 168 g/mol. The summed E-state index contributed by atoms with van der Waals surface area (Å²) in [7, 11) is 0. The number of ether oxygens (including phenoxy) is 2. The van der Waals surface area contributed by atoms with Crippen molar-refractivity contribution in [3.05, 3.63) is 6.92 Å². The van der Waals surface area contributed by atoms with E-state index in [-0.39, 0.29) is 0 Å². The van der Waals surface area contributed by atoms with Crippen molar-refractivity contribution in [3.8, 4) is 0 Å². The number of hydrogen-bond acceptors (Lipinski definition) is 2. The van der Waals surface area contributed by atoms with E-state index in [1.807, 2.05) is 0 Å². The molecule has 0 fully saturated rings. The van der Waals surface area contributed by atoms with E-state index in [1.54, 1.807) is 0 Å². The van der Waals surface area contributed by atoms with Crippen molar-refractivity contribution < 1.29 is 27.0 Å². The Kier molecular flexibility index (Phi) is 3.25. The second-order valence-electron chi connectivity index (χ2n) is 1.73. The third-order valence-electron chi connectivity index (χ3n) is 0.658. The molecule has 0 N–H and O–H groups in total. The Morgan fingerprint density at radius 1 is 1.27 bits per heavy atom. The van der Waals surface area contributed by atoms with Crippen molar-refractivity contribution in [1.82, 2.24) is 0 Å². The zero-order valence-electron chi connectivity index (χ0n) is 5.74. The van der Waals surface area contributed by atoms with E-state index in [1.165, 1.54) is 0 Å². The zero-order valence-corrected chi connectivity index (χ0v) is 5.74. The normalized spacial score (nSPS) is 18.0. The van der Waals surface area contributed by atoms with Gasteiger partial charge in [0.05, 0.1) is 6.61 Å². The van der Waals surface area contributed by atoms with Crippen molar-refractivity contribution in [2.75, 3.05) is 6.61 Å². The minimum absolute atomic E-state index is 0.441. The predicted molar refractivity (Wildman–Crippen MR) is 28.0 cm³/mol. The summed E-state index contributed by atoms with van der Waals surface area (Å²) in [4.78, 5) is 0. The van der Waals surface area contributed by atoms with Gasteiger partial charge in [0.15, 0.2) is 0 Å². The molecule has 0 aromatic rings. The van der Waals surface area contributed by atoms with Crippen LogP contribution in [0.5, 0.6) is 0 Å².